The Kier molecular flexibility index (Phi) is 6.67. The Morgan fingerprint density at radius 2 is 1.79 bits per heavy atom. The fourth-order valence-corrected chi connectivity index (χ4v) is 3.99. The van der Waals surface area contributed by atoms with Crippen LogP contribution in [0.5, 0.6) is 17.2 Å². The number of carbonyl (C=O) groups excluding carboxylic acids is 3. The largest absolute Gasteiger partial charge is 0.493 e. The molecule has 0 aliphatic carbocycles. The van der Waals surface area contributed by atoms with Crippen LogP contribution in [-0.4, -0.2) is 63.1 Å². The van der Waals surface area contributed by atoms with Gasteiger partial charge in [-0.3, -0.25) is 19.3 Å². The lowest BCUT2D eigenvalue weighted by molar-refractivity contribution is -0.131. The van der Waals surface area contributed by atoms with E-state index >= 15 is 0 Å². The summed E-state index contributed by atoms with van der Waals surface area (Å²) in [6, 6.07) is 10.3. The molecule has 4 rings (SSSR count). The molecular formula is C24H27N3O6. The average Bonchev–Trinajstić information content (AvgIpc) is 3.39. The minimum absolute atomic E-state index is 0.0636. The summed E-state index contributed by atoms with van der Waals surface area (Å²) in [5.74, 6) is 0.939. The molecule has 0 radical (unpaired) electrons. The van der Waals surface area contributed by atoms with Crippen LogP contribution in [0.1, 0.15) is 28.8 Å². The van der Waals surface area contributed by atoms with Gasteiger partial charge in [0.25, 0.3) is 11.8 Å². The third kappa shape index (κ3) is 4.87. The summed E-state index contributed by atoms with van der Waals surface area (Å²) in [7, 11) is 3.11. The highest BCUT2D eigenvalue weighted by atomic mass is 16.5. The predicted octanol–water partition coefficient (Wildman–Crippen LogP) is 1.98. The van der Waals surface area contributed by atoms with Crippen molar-refractivity contribution in [2.45, 2.75) is 19.4 Å². The second kappa shape index (κ2) is 9.81. The molecule has 1 N–H and O–H groups in total. The number of hydrogen-bond acceptors (Lipinski definition) is 6. The Labute approximate surface area is 192 Å². The Hall–Kier alpha value is -3.75. The fraction of sp³-hybridized carbons (Fsp3) is 0.375. The summed E-state index contributed by atoms with van der Waals surface area (Å²) in [6.45, 7) is 1.51. The summed E-state index contributed by atoms with van der Waals surface area (Å²) < 4.78 is 16.0. The van der Waals surface area contributed by atoms with Crippen molar-refractivity contribution in [3.05, 3.63) is 47.5 Å². The van der Waals surface area contributed by atoms with Crippen molar-refractivity contribution >= 4 is 23.4 Å². The third-order valence-corrected chi connectivity index (χ3v) is 5.82. The van der Waals surface area contributed by atoms with E-state index in [2.05, 4.69) is 5.32 Å². The highest BCUT2D eigenvalue weighted by molar-refractivity contribution is 6.04. The number of nitrogens with one attached hydrogen (secondary N) is 1. The number of nitrogens with zero attached hydrogens (tertiary/aromatic N) is 2. The highest BCUT2D eigenvalue weighted by Crippen LogP contribution is 2.33. The molecule has 0 saturated carbocycles. The standard InChI is InChI=1S/C24H27N3O6/c1-31-20-7-5-16(11-21(20)32-2)13-25-24(30)17-6-8-19-18(12-17)27(23(29)15-33-19)14-22(28)26-9-3-4-10-26/h5-8,11-12H,3-4,9-10,13-15H2,1-2H3,(H,25,30). The molecule has 2 aliphatic rings. The first-order chi connectivity index (χ1) is 16.0. The Morgan fingerprint density at radius 1 is 1.03 bits per heavy atom. The minimum atomic E-state index is -0.309. The maximum absolute atomic E-state index is 12.8. The van der Waals surface area contributed by atoms with E-state index in [0.29, 0.717) is 41.6 Å². The molecular weight excluding hydrogens is 426 g/mol. The van der Waals surface area contributed by atoms with Crippen LogP contribution in [-0.2, 0) is 16.1 Å². The second-order valence-corrected chi connectivity index (χ2v) is 7.91. The lowest BCUT2D eigenvalue weighted by Crippen LogP contribution is -2.46. The van der Waals surface area contributed by atoms with Crippen LogP contribution in [0.3, 0.4) is 0 Å². The van der Waals surface area contributed by atoms with Crippen LogP contribution in [0.25, 0.3) is 0 Å². The lowest BCUT2D eigenvalue weighted by Gasteiger charge is -2.30. The van der Waals surface area contributed by atoms with Crippen molar-refractivity contribution in [1.82, 2.24) is 10.2 Å². The van der Waals surface area contributed by atoms with E-state index in [1.54, 1.807) is 49.5 Å². The van der Waals surface area contributed by atoms with Crippen LogP contribution in [0.15, 0.2) is 36.4 Å². The molecule has 9 nitrogen and oxygen atoms in total. The van der Waals surface area contributed by atoms with Crippen LogP contribution in [0.4, 0.5) is 5.69 Å². The molecule has 0 atom stereocenters. The summed E-state index contributed by atoms with van der Waals surface area (Å²) in [4.78, 5) is 41.1. The van der Waals surface area contributed by atoms with E-state index in [9.17, 15) is 14.4 Å². The number of rotatable bonds is 7. The summed E-state index contributed by atoms with van der Waals surface area (Å²) in [6.07, 6.45) is 1.95. The normalized spacial score (nSPS) is 15.0. The zero-order valence-electron chi connectivity index (χ0n) is 18.8. The first-order valence-electron chi connectivity index (χ1n) is 10.8. The van der Waals surface area contributed by atoms with Crippen molar-refractivity contribution in [1.29, 1.82) is 0 Å². The van der Waals surface area contributed by atoms with Gasteiger partial charge < -0.3 is 24.4 Å². The van der Waals surface area contributed by atoms with Gasteiger partial charge in [0.15, 0.2) is 18.1 Å². The van der Waals surface area contributed by atoms with E-state index in [0.717, 1.165) is 18.4 Å². The molecule has 1 fully saturated rings. The van der Waals surface area contributed by atoms with E-state index in [1.165, 1.54) is 4.90 Å². The molecule has 2 heterocycles. The molecule has 1 saturated heterocycles. The molecule has 33 heavy (non-hydrogen) atoms. The predicted molar refractivity (Wildman–Crippen MR) is 121 cm³/mol. The quantitative estimate of drug-likeness (QED) is 0.689. The molecule has 0 bridgehead atoms. The molecule has 2 aliphatic heterocycles. The number of likely N-dealkylation sites (tertiary alicyclic amines) is 1. The van der Waals surface area contributed by atoms with Gasteiger partial charge in [-0.25, -0.2) is 0 Å². The van der Waals surface area contributed by atoms with Crippen molar-refractivity contribution in [3.63, 3.8) is 0 Å². The number of ether oxygens (including phenoxy) is 3. The average molecular weight is 453 g/mol. The zero-order valence-corrected chi connectivity index (χ0v) is 18.8. The molecule has 2 aromatic carbocycles. The maximum atomic E-state index is 12.8. The Morgan fingerprint density at radius 3 is 2.52 bits per heavy atom. The van der Waals surface area contributed by atoms with Crippen LogP contribution in [0.2, 0.25) is 0 Å². The molecule has 174 valence electrons. The lowest BCUT2D eigenvalue weighted by atomic mass is 10.1. The van der Waals surface area contributed by atoms with Gasteiger partial charge in [0, 0.05) is 25.2 Å². The van der Waals surface area contributed by atoms with Gasteiger partial charge >= 0.3 is 0 Å². The Bertz CT molecular complexity index is 1060. The fourth-order valence-electron chi connectivity index (χ4n) is 3.99. The number of amides is 3. The van der Waals surface area contributed by atoms with E-state index in [-0.39, 0.29) is 37.4 Å². The number of carbonyl (C=O) groups is 3. The number of methoxy groups -OCH3 is 2. The van der Waals surface area contributed by atoms with Crippen molar-refractivity contribution < 1.29 is 28.6 Å². The Balaban J connectivity index is 1.48. The summed E-state index contributed by atoms with van der Waals surface area (Å²) in [5.41, 5.74) is 1.64. The molecule has 2 aromatic rings. The van der Waals surface area contributed by atoms with Crippen LogP contribution >= 0.6 is 0 Å². The molecule has 0 aromatic heterocycles. The van der Waals surface area contributed by atoms with Crippen LogP contribution < -0.4 is 24.4 Å². The van der Waals surface area contributed by atoms with Gasteiger partial charge in [-0.2, -0.15) is 0 Å². The highest BCUT2D eigenvalue weighted by Gasteiger charge is 2.30. The first kappa shape index (κ1) is 22.4. The summed E-state index contributed by atoms with van der Waals surface area (Å²) >= 11 is 0. The molecule has 0 unspecified atom stereocenters. The van der Waals surface area contributed by atoms with Gasteiger partial charge in [-0.15, -0.1) is 0 Å². The van der Waals surface area contributed by atoms with Gasteiger partial charge in [0.1, 0.15) is 12.3 Å². The van der Waals surface area contributed by atoms with Crippen molar-refractivity contribution in [2.75, 3.05) is 45.4 Å². The van der Waals surface area contributed by atoms with Crippen molar-refractivity contribution in [2.24, 2.45) is 0 Å². The number of anilines is 1. The monoisotopic (exact) mass is 453 g/mol. The van der Waals surface area contributed by atoms with Gasteiger partial charge in [-0.05, 0) is 48.7 Å². The molecule has 3 amide bonds. The number of hydrogen-bond donors (Lipinski definition) is 1. The van der Waals surface area contributed by atoms with E-state index in [4.69, 9.17) is 14.2 Å². The maximum Gasteiger partial charge on any atom is 0.265 e. The molecule has 9 heteroatoms. The second-order valence-electron chi connectivity index (χ2n) is 7.91. The first-order valence-corrected chi connectivity index (χ1v) is 10.8. The minimum Gasteiger partial charge on any atom is -0.493 e. The van der Waals surface area contributed by atoms with Crippen molar-refractivity contribution in [3.8, 4) is 17.2 Å². The zero-order chi connectivity index (χ0) is 23.4. The van der Waals surface area contributed by atoms with E-state index in [1.807, 2.05) is 6.07 Å². The SMILES string of the molecule is COc1ccc(CNC(=O)c2ccc3c(c2)N(CC(=O)N2CCCC2)C(=O)CO3)cc1OC. The number of benzene rings is 2. The summed E-state index contributed by atoms with van der Waals surface area (Å²) in [5, 5.41) is 2.87. The topological polar surface area (TPSA) is 97.4 Å². The molecule has 0 spiro atoms. The third-order valence-electron chi connectivity index (χ3n) is 5.82. The number of fused-ring (bicyclic) bond motifs is 1. The van der Waals surface area contributed by atoms with E-state index < -0.39 is 0 Å². The van der Waals surface area contributed by atoms with Gasteiger partial charge in [0.2, 0.25) is 5.91 Å². The van der Waals surface area contributed by atoms with Crippen LogP contribution in [0, 0.1) is 0 Å². The van der Waals surface area contributed by atoms with Gasteiger partial charge in [-0.1, -0.05) is 6.07 Å². The smallest absolute Gasteiger partial charge is 0.265 e. The van der Waals surface area contributed by atoms with Gasteiger partial charge in [0.05, 0.1) is 19.9 Å².